The number of nitrogens with one attached hydrogen (secondary N) is 3. The van der Waals surface area contributed by atoms with Gasteiger partial charge >= 0.3 is 6.08 Å². The number of azo groups is 1. The molecular formula is C29H28FN9O11S3. The van der Waals surface area contributed by atoms with Gasteiger partial charge in [-0.2, -0.15) is 41.3 Å². The second-order valence-electron chi connectivity index (χ2n) is 10.2. The van der Waals surface area contributed by atoms with Crippen LogP contribution in [0, 0.1) is 6.08 Å². The number of hydrazone groups is 1. The quantitative estimate of drug-likeness (QED) is 0.0131. The number of benzene rings is 3. The van der Waals surface area contributed by atoms with Gasteiger partial charge < -0.3 is 20.5 Å². The van der Waals surface area contributed by atoms with Crippen LogP contribution in [-0.2, 0) is 34.8 Å². The summed E-state index contributed by atoms with van der Waals surface area (Å²) < 4.78 is 109. The first kappa shape index (κ1) is 40.0. The lowest BCUT2D eigenvalue weighted by Gasteiger charge is -2.13. The molecule has 0 atom stereocenters. The predicted molar refractivity (Wildman–Crippen MR) is 187 cm³/mol. The van der Waals surface area contributed by atoms with Gasteiger partial charge in [0.2, 0.25) is 17.7 Å². The standard InChI is InChI=1S/C29H28FN9O11S3/c1-2-51(42,43)14-13-50-12-11-31-28-33-27(30)34-29(35-28)32-23-15-21(53(47,48)49)16-24(25(23)41)37-39-26(18-7-9-20(10-8-18)52(44,45)46)38-36-22-6-4-3-5-19(22)17-40/h2-10,15-17,37,41H,1,11-14H2,(H,44,45,46)(H,47,48,49)(H2,31,32,33,34,35). The highest BCUT2D eigenvalue weighted by atomic mass is 32.2. The fourth-order valence-corrected chi connectivity index (χ4v) is 5.48. The largest absolute Gasteiger partial charge is 0.504 e. The molecule has 4 rings (SSSR count). The molecule has 0 radical (unpaired) electrons. The number of halogens is 1. The van der Waals surface area contributed by atoms with Gasteiger partial charge in [0, 0.05) is 23.1 Å². The predicted octanol–water partition coefficient (Wildman–Crippen LogP) is 3.31. The average molecular weight is 794 g/mol. The van der Waals surface area contributed by atoms with E-state index in [-0.39, 0.29) is 54.1 Å². The molecule has 4 aromatic rings. The number of hydrogen-bond donors (Lipinski definition) is 6. The third-order valence-corrected chi connectivity index (χ3v) is 9.48. The Morgan fingerprint density at radius 1 is 0.887 bits per heavy atom. The number of phenolic OH excluding ortho intramolecular Hbond substituents is 1. The minimum absolute atomic E-state index is 0.00840. The van der Waals surface area contributed by atoms with Gasteiger partial charge in [-0.15, -0.1) is 10.2 Å². The van der Waals surface area contributed by atoms with Crippen molar-refractivity contribution >= 4 is 71.2 Å². The topological polar surface area (TPSA) is 301 Å². The first-order valence-corrected chi connectivity index (χ1v) is 19.2. The Balaban J connectivity index is 1.65. The highest BCUT2D eigenvalue weighted by Gasteiger charge is 2.20. The Kier molecular flexibility index (Phi) is 12.9. The number of aromatic nitrogens is 3. The van der Waals surface area contributed by atoms with Crippen molar-refractivity contribution in [1.82, 2.24) is 15.0 Å². The van der Waals surface area contributed by atoms with E-state index in [1.165, 1.54) is 24.3 Å². The maximum absolute atomic E-state index is 14.3. The fourth-order valence-electron chi connectivity index (χ4n) is 3.95. The number of aromatic hydroxyl groups is 1. The van der Waals surface area contributed by atoms with E-state index in [9.17, 15) is 48.7 Å². The third-order valence-electron chi connectivity index (χ3n) is 6.54. The van der Waals surface area contributed by atoms with E-state index in [0.29, 0.717) is 6.29 Å². The van der Waals surface area contributed by atoms with Crippen molar-refractivity contribution in [3.63, 3.8) is 0 Å². The summed E-state index contributed by atoms with van der Waals surface area (Å²) in [6.45, 7) is 3.01. The maximum atomic E-state index is 14.3. The van der Waals surface area contributed by atoms with E-state index in [2.05, 4.69) is 52.9 Å². The van der Waals surface area contributed by atoms with Crippen LogP contribution in [0.5, 0.6) is 5.75 Å². The van der Waals surface area contributed by atoms with Gasteiger partial charge in [-0.05, 0) is 48.5 Å². The minimum atomic E-state index is -4.96. The van der Waals surface area contributed by atoms with E-state index in [0.717, 1.165) is 29.7 Å². The van der Waals surface area contributed by atoms with E-state index in [1.807, 2.05) is 0 Å². The minimum Gasteiger partial charge on any atom is -0.504 e. The lowest BCUT2D eigenvalue weighted by atomic mass is 10.2. The van der Waals surface area contributed by atoms with Crippen molar-refractivity contribution in [2.45, 2.75) is 9.79 Å². The van der Waals surface area contributed by atoms with E-state index < -0.39 is 69.0 Å². The van der Waals surface area contributed by atoms with E-state index in [4.69, 9.17) is 4.74 Å². The molecule has 0 aliphatic rings. The van der Waals surface area contributed by atoms with Gasteiger partial charge in [-0.1, -0.05) is 18.7 Å². The highest BCUT2D eigenvalue weighted by molar-refractivity contribution is 7.94. The average Bonchev–Trinajstić information content (AvgIpc) is 3.10. The van der Waals surface area contributed by atoms with Crippen LogP contribution >= 0.6 is 0 Å². The summed E-state index contributed by atoms with van der Waals surface area (Å²) in [4.78, 5) is 21.1. The zero-order valence-corrected chi connectivity index (χ0v) is 29.3. The SMILES string of the molecule is C=CS(=O)(=O)CCOCCNc1nc(F)nc(Nc2cc(S(=O)(=O)O)cc(NN=C(N=Nc3ccccc3C=O)c3ccc(S(=O)(=O)O)cc3)c2O)n1. The summed E-state index contributed by atoms with van der Waals surface area (Å²) in [5.74, 6) is -2.26. The van der Waals surface area contributed by atoms with Gasteiger partial charge in [0.25, 0.3) is 20.2 Å². The molecule has 0 saturated heterocycles. The molecule has 6 N–H and O–H groups in total. The molecule has 1 aromatic heterocycles. The molecule has 280 valence electrons. The molecule has 1 heterocycles. The van der Waals surface area contributed by atoms with E-state index in [1.54, 1.807) is 12.1 Å². The smallest absolute Gasteiger partial charge is 0.315 e. The molecule has 0 bridgehead atoms. The molecule has 0 spiro atoms. The first-order valence-electron chi connectivity index (χ1n) is 14.6. The number of rotatable bonds is 17. The highest BCUT2D eigenvalue weighted by Crippen LogP contribution is 2.37. The zero-order valence-electron chi connectivity index (χ0n) is 26.9. The van der Waals surface area contributed by atoms with Gasteiger partial charge in [-0.25, -0.2) is 8.42 Å². The van der Waals surface area contributed by atoms with Crippen molar-refractivity contribution in [2.75, 3.05) is 41.6 Å². The maximum Gasteiger partial charge on any atom is 0.315 e. The van der Waals surface area contributed by atoms with Crippen molar-refractivity contribution in [3.8, 4) is 5.75 Å². The van der Waals surface area contributed by atoms with Crippen LogP contribution in [0.3, 0.4) is 0 Å². The molecule has 0 aliphatic carbocycles. The van der Waals surface area contributed by atoms with Crippen molar-refractivity contribution in [3.05, 3.63) is 89.9 Å². The van der Waals surface area contributed by atoms with Crippen LogP contribution in [0.25, 0.3) is 0 Å². The number of amidine groups is 1. The number of ether oxygens (including phenoxy) is 1. The number of hydrogen-bond acceptors (Lipinski definition) is 17. The number of aldehydes is 1. The van der Waals surface area contributed by atoms with Crippen LogP contribution in [0.2, 0.25) is 0 Å². The summed E-state index contributed by atoms with van der Waals surface area (Å²) in [7, 11) is -13.0. The summed E-state index contributed by atoms with van der Waals surface area (Å²) in [5.41, 5.74) is 1.74. The Labute approximate surface area is 301 Å². The number of sulfone groups is 1. The molecule has 20 nitrogen and oxygen atoms in total. The van der Waals surface area contributed by atoms with Crippen molar-refractivity contribution < 1.29 is 53.4 Å². The fraction of sp³-hybridized carbons (Fsp3) is 0.138. The first-order chi connectivity index (χ1) is 25.0. The summed E-state index contributed by atoms with van der Waals surface area (Å²) in [6.07, 6.45) is -0.783. The molecule has 0 unspecified atom stereocenters. The van der Waals surface area contributed by atoms with Crippen molar-refractivity contribution in [2.24, 2.45) is 15.3 Å². The second-order valence-corrected chi connectivity index (χ2v) is 15.1. The monoisotopic (exact) mass is 793 g/mol. The van der Waals surface area contributed by atoms with Gasteiger partial charge in [0.1, 0.15) is 5.69 Å². The summed E-state index contributed by atoms with van der Waals surface area (Å²) in [6, 6.07) is 12.0. The second kappa shape index (κ2) is 17.2. The summed E-state index contributed by atoms with van der Waals surface area (Å²) in [5, 5.41) is 28.9. The number of carbonyl (C=O) groups excluding carboxylic acids is 1. The molecular weight excluding hydrogens is 766 g/mol. The molecule has 0 amide bonds. The number of phenols is 1. The lowest BCUT2D eigenvalue weighted by molar-refractivity contribution is 0.112. The zero-order chi connectivity index (χ0) is 38.8. The number of anilines is 4. The van der Waals surface area contributed by atoms with Crippen LogP contribution in [0.1, 0.15) is 15.9 Å². The normalized spacial score (nSPS) is 12.4. The molecule has 0 aliphatic heterocycles. The molecule has 3 aromatic carbocycles. The Morgan fingerprint density at radius 2 is 1.55 bits per heavy atom. The Morgan fingerprint density at radius 3 is 2.21 bits per heavy atom. The van der Waals surface area contributed by atoms with Crippen molar-refractivity contribution in [1.29, 1.82) is 0 Å². The number of carbonyl (C=O) groups is 1. The Bertz CT molecular complexity index is 2400. The van der Waals surface area contributed by atoms with Gasteiger partial charge in [0.05, 0.1) is 40.1 Å². The molecule has 53 heavy (non-hydrogen) atoms. The van der Waals surface area contributed by atoms with Gasteiger partial charge in [0.15, 0.2) is 21.9 Å². The van der Waals surface area contributed by atoms with Crippen LogP contribution < -0.4 is 16.1 Å². The van der Waals surface area contributed by atoms with Crippen LogP contribution in [0.4, 0.5) is 33.3 Å². The molecule has 0 fully saturated rings. The number of nitrogens with zero attached hydrogens (tertiary/aromatic N) is 6. The lowest BCUT2D eigenvalue weighted by Crippen LogP contribution is -2.16. The van der Waals surface area contributed by atoms with Gasteiger partial charge in [-0.3, -0.25) is 19.3 Å². The summed E-state index contributed by atoms with van der Waals surface area (Å²) >= 11 is 0. The Hall–Kier alpha value is -5.79. The van der Waals surface area contributed by atoms with Crippen LogP contribution in [-0.4, -0.2) is 92.1 Å². The molecule has 24 heteroatoms. The van der Waals surface area contributed by atoms with E-state index >= 15 is 0 Å². The molecule has 0 saturated carbocycles. The third kappa shape index (κ3) is 11.6. The van der Waals surface area contributed by atoms with Crippen LogP contribution in [0.15, 0.2) is 97.8 Å².